The summed E-state index contributed by atoms with van der Waals surface area (Å²) in [6.45, 7) is 6.73. The Labute approximate surface area is 113 Å². The van der Waals surface area contributed by atoms with Crippen molar-refractivity contribution in [3.63, 3.8) is 0 Å². The molecule has 2 aromatic rings. The predicted octanol–water partition coefficient (Wildman–Crippen LogP) is 2.33. The molecule has 1 saturated heterocycles. The Balaban J connectivity index is 1.97. The van der Waals surface area contributed by atoms with E-state index in [2.05, 4.69) is 28.7 Å². The number of nitrogen functional groups attached to an aromatic ring is 1. The molecule has 0 spiro atoms. The Bertz CT molecular complexity index is 587. The molecule has 0 amide bonds. The Morgan fingerprint density at radius 2 is 2.11 bits per heavy atom. The minimum atomic E-state index is 0.417. The first-order valence-electron chi connectivity index (χ1n) is 6.89. The van der Waals surface area contributed by atoms with E-state index in [1.54, 1.807) is 6.20 Å². The van der Waals surface area contributed by atoms with Gasteiger partial charge in [-0.05, 0) is 24.7 Å². The van der Waals surface area contributed by atoms with Crippen LogP contribution in [0.4, 0.5) is 11.6 Å². The molecule has 5 nitrogen and oxygen atoms in total. The lowest BCUT2D eigenvalue weighted by atomic mass is 9.85. The maximum absolute atomic E-state index is 5.90. The Kier molecular flexibility index (Phi) is 2.84. The number of aromatic nitrogens is 3. The normalized spacial score (nSPS) is 19.6. The quantitative estimate of drug-likeness (QED) is 0.854. The number of anilines is 2. The second kappa shape index (κ2) is 4.40. The molecule has 3 rings (SSSR count). The van der Waals surface area contributed by atoms with Crippen molar-refractivity contribution in [3.8, 4) is 0 Å². The van der Waals surface area contributed by atoms with Gasteiger partial charge in [0.15, 0.2) is 11.5 Å². The standard InChI is InChI=1S/C14H21N5/c1-14(2)4-3-7-18(8-5-14)13-12-16-6-9-19(12)10-11(15)17-13/h6,9-10H,3-5,7-8,15H2,1-2H3. The topological polar surface area (TPSA) is 59.5 Å². The molecule has 0 saturated carbocycles. The number of fused-ring (bicyclic) bond motifs is 1. The van der Waals surface area contributed by atoms with E-state index in [0.717, 1.165) is 24.6 Å². The van der Waals surface area contributed by atoms with Gasteiger partial charge in [-0.2, -0.15) is 0 Å². The number of hydrogen-bond acceptors (Lipinski definition) is 4. The summed E-state index contributed by atoms with van der Waals surface area (Å²) in [5.41, 5.74) is 7.21. The summed E-state index contributed by atoms with van der Waals surface area (Å²) in [6.07, 6.45) is 9.15. The minimum absolute atomic E-state index is 0.417. The van der Waals surface area contributed by atoms with Crippen molar-refractivity contribution in [2.75, 3.05) is 23.7 Å². The number of nitrogens with two attached hydrogens (primary N) is 1. The molecular formula is C14H21N5. The largest absolute Gasteiger partial charge is 0.382 e. The third-order valence-corrected chi connectivity index (χ3v) is 4.01. The molecule has 19 heavy (non-hydrogen) atoms. The number of imidazole rings is 1. The Morgan fingerprint density at radius 1 is 1.26 bits per heavy atom. The van der Waals surface area contributed by atoms with E-state index >= 15 is 0 Å². The third kappa shape index (κ3) is 2.37. The fourth-order valence-corrected chi connectivity index (χ4v) is 2.78. The van der Waals surface area contributed by atoms with Crippen LogP contribution in [0, 0.1) is 5.41 Å². The first kappa shape index (κ1) is 12.3. The summed E-state index contributed by atoms with van der Waals surface area (Å²) in [6, 6.07) is 0. The van der Waals surface area contributed by atoms with Gasteiger partial charge in [0.05, 0.1) is 6.20 Å². The van der Waals surface area contributed by atoms with Gasteiger partial charge in [0.1, 0.15) is 5.82 Å². The van der Waals surface area contributed by atoms with Crippen LogP contribution in [0.2, 0.25) is 0 Å². The highest BCUT2D eigenvalue weighted by Gasteiger charge is 2.25. The lowest BCUT2D eigenvalue weighted by Gasteiger charge is -2.24. The predicted molar refractivity (Wildman–Crippen MR) is 77.2 cm³/mol. The highest BCUT2D eigenvalue weighted by Crippen LogP contribution is 2.32. The van der Waals surface area contributed by atoms with Gasteiger partial charge in [-0.1, -0.05) is 13.8 Å². The Hall–Kier alpha value is -1.78. The fourth-order valence-electron chi connectivity index (χ4n) is 2.78. The van der Waals surface area contributed by atoms with E-state index < -0.39 is 0 Å². The zero-order valence-electron chi connectivity index (χ0n) is 11.6. The molecule has 3 heterocycles. The highest BCUT2D eigenvalue weighted by molar-refractivity contribution is 5.66. The molecule has 5 heteroatoms. The summed E-state index contributed by atoms with van der Waals surface area (Å²) < 4.78 is 1.95. The second-order valence-electron chi connectivity index (χ2n) is 6.15. The van der Waals surface area contributed by atoms with E-state index in [1.165, 1.54) is 19.3 Å². The van der Waals surface area contributed by atoms with Crippen LogP contribution in [0.5, 0.6) is 0 Å². The molecule has 0 aromatic carbocycles. The van der Waals surface area contributed by atoms with Crippen LogP contribution in [0.3, 0.4) is 0 Å². The number of nitrogens with zero attached hydrogens (tertiary/aromatic N) is 4. The van der Waals surface area contributed by atoms with Crippen molar-refractivity contribution >= 4 is 17.3 Å². The van der Waals surface area contributed by atoms with Crippen molar-refractivity contribution in [2.45, 2.75) is 33.1 Å². The highest BCUT2D eigenvalue weighted by atomic mass is 15.2. The van der Waals surface area contributed by atoms with Gasteiger partial charge in [-0.3, -0.25) is 0 Å². The minimum Gasteiger partial charge on any atom is -0.382 e. The molecular weight excluding hydrogens is 238 g/mol. The van der Waals surface area contributed by atoms with Crippen LogP contribution >= 0.6 is 0 Å². The molecule has 0 atom stereocenters. The summed E-state index contributed by atoms with van der Waals surface area (Å²) >= 11 is 0. The van der Waals surface area contributed by atoms with E-state index in [1.807, 2.05) is 16.8 Å². The maximum Gasteiger partial charge on any atom is 0.180 e. The molecule has 102 valence electrons. The van der Waals surface area contributed by atoms with Crippen LogP contribution in [0.15, 0.2) is 18.6 Å². The summed E-state index contributed by atoms with van der Waals surface area (Å²) in [5, 5.41) is 0. The van der Waals surface area contributed by atoms with Crippen molar-refractivity contribution in [3.05, 3.63) is 18.6 Å². The monoisotopic (exact) mass is 259 g/mol. The van der Waals surface area contributed by atoms with Crippen LogP contribution < -0.4 is 10.6 Å². The summed E-state index contributed by atoms with van der Waals surface area (Å²) in [5.74, 6) is 1.46. The van der Waals surface area contributed by atoms with E-state index in [9.17, 15) is 0 Å². The maximum atomic E-state index is 5.90. The molecule has 0 radical (unpaired) electrons. The van der Waals surface area contributed by atoms with Gasteiger partial charge in [-0.15, -0.1) is 0 Å². The molecule has 0 unspecified atom stereocenters. The number of rotatable bonds is 1. The van der Waals surface area contributed by atoms with Crippen molar-refractivity contribution < 1.29 is 0 Å². The Morgan fingerprint density at radius 3 is 2.95 bits per heavy atom. The van der Waals surface area contributed by atoms with E-state index in [4.69, 9.17) is 5.73 Å². The molecule has 2 aromatic heterocycles. The summed E-state index contributed by atoms with van der Waals surface area (Å²) in [7, 11) is 0. The van der Waals surface area contributed by atoms with Gasteiger partial charge in [0.25, 0.3) is 0 Å². The van der Waals surface area contributed by atoms with Gasteiger partial charge in [0, 0.05) is 25.5 Å². The molecule has 0 aliphatic carbocycles. The second-order valence-corrected chi connectivity index (χ2v) is 6.15. The van der Waals surface area contributed by atoms with Gasteiger partial charge >= 0.3 is 0 Å². The zero-order valence-corrected chi connectivity index (χ0v) is 11.6. The van der Waals surface area contributed by atoms with Gasteiger partial charge in [-0.25, -0.2) is 9.97 Å². The van der Waals surface area contributed by atoms with E-state index in [-0.39, 0.29) is 0 Å². The van der Waals surface area contributed by atoms with E-state index in [0.29, 0.717) is 11.2 Å². The van der Waals surface area contributed by atoms with Gasteiger partial charge < -0.3 is 15.0 Å². The summed E-state index contributed by atoms with van der Waals surface area (Å²) in [4.78, 5) is 11.2. The fraction of sp³-hybridized carbons (Fsp3) is 0.571. The van der Waals surface area contributed by atoms with Crippen LogP contribution in [-0.4, -0.2) is 27.5 Å². The molecule has 2 N–H and O–H groups in total. The number of hydrogen-bond donors (Lipinski definition) is 1. The average Bonchev–Trinajstić information content (AvgIpc) is 2.72. The first-order valence-corrected chi connectivity index (χ1v) is 6.89. The molecule has 1 aliphatic rings. The van der Waals surface area contributed by atoms with Crippen molar-refractivity contribution in [1.82, 2.24) is 14.4 Å². The first-order chi connectivity index (χ1) is 9.05. The SMILES string of the molecule is CC1(C)CCCN(c2nc(N)cn3ccnc23)CC1. The van der Waals surface area contributed by atoms with Crippen molar-refractivity contribution in [1.29, 1.82) is 0 Å². The third-order valence-electron chi connectivity index (χ3n) is 4.01. The van der Waals surface area contributed by atoms with Crippen LogP contribution in [0.1, 0.15) is 33.1 Å². The average molecular weight is 259 g/mol. The lowest BCUT2D eigenvalue weighted by molar-refractivity contribution is 0.325. The van der Waals surface area contributed by atoms with Crippen molar-refractivity contribution in [2.24, 2.45) is 5.41 Å². The van der Waals surface area contributed by atoms with Crippen LogP contribution in [-0.2, 0) is 0 Å². The van der Waals surface area contributed by atoms with Gasteiger partial charge in [0.2, 0.25) is 0 Å². The molecule has 0 bridgehead atoms. The van der Waals surface area contributed by atoms with Crippen LogP contribution in [0.25, 0.3) is 5.65 Å². The zero-order chi connectivity index (χ0) is 13.5. The molecule has 1 aliphatic heterocycles. The molecule has 1 fully saturated rings. The smallest absolute Gasteiger partial charge is 0.180 e. The lowest BCUT2D eigenvalue weighted by Crippen LogP contribution is -2.27.